The lowest BCUT2D eigenvalue weighted by Crippen LogP contribution is -2.33. The Hall–Kier alpha value is -2.52. The van der Waals surface area contributed by atoms with E-state index >= 15 is 0 Å². The molecule has 0 unspecified atom stereocenters. The first-order valence-corrected chi connectivity index (χ1v) is 9.55. The van der Waals surface area contributed by atoms with E-state index in [0.717, 1.165) is 11.3 Å². The van der Waals surface area contributed by atoms with Crippen LogP contribution in [0.15, 0.2) is 34.4 Å². The summed E-state index contributed by atoms with van der Waals surface area (Å²) in [5, 5.41) is 3.00. The van der Waals surface area contributed by atoms with Crippen molar-refractivity contribution in [1.82, 2.24) is 14.7 Å². The second-order valence-corrected chi connectivity index (χ2v) is 7.61. The number of nitrogens with zero attached hydrogens (tertiary/aromatic N) is 3. The first-order valence-electron chi connectivity index (χ1n) is 6.85. The molecule has 2 heterocycles. The predicted molar refractivity (Wildman–Crippen MR) is 93.2 cm³/mol. The average Bonchev–Trinajstić information content (AvgIpc) is 2.93. The Morgan fingerprint density at radius 2 is 1.96 bits per heavy atom. The van der Waals surface area contributed by atoms with E-state index in [0.29, 0.717) is 15.9 Å². The number of para-hydroxylation sites is 1. The molecule has 0 aliphatic rings. The van der Waals surface area contributed by atoms with Crippen LogP contribution in [0.2, 0.25) is 0 Å². The number of hydrogen-bond acceptors (Lipinski definition) is 7. The average molecular weight is 363 g/mol. The van der Waals surface area contributed by atoms with Gasteiger partial charge < -0.3 is 0 Å². The molecule has 0 bridgehead atoms. The SMILES string of the molecule is Cc1nc(/C=C/c2nc3ccccc3c(=O)n2OS(C)(=O)=O)cs1. The van der Waals surface area contributed by atoms with E-state index in [-0.39, 0.29) is 11.2 Å². The maximum Gasteiger partial charge on any atom is 0.324 e. The molecule has 0 saturated heterocycles. The molecule has 124 valence electrons. The van der Waals surface area contributed by atoms with Gasteiger partial charge in [0.05, 0.1) is 27.9 Å². The number of rotatable bonds is 4. The van der Waals surface area contributed by atoms with Gasteiger partial charge in [-0.3, -0.25) is 9.08 Å². The molecule has 24 heavy (non-hydrogen) atoms. The maximum absolute atomic E-state index is 12.5. The first kappa shape index (κ1) is 16.3. The van der Waals surface area contributed by atoms with Crippen molar-refractivity contribution in [2.24, 2.45) is 0 Å². The van der Waals surface area contributed by atoms with Gasteiger partial charge in [0, 0.05) is 5.38 Å². The highest BCUT2D eigenvalue weighted by molar-refractivity contribution is 7.86. The number of thiazole rings is 1. The third-order valence-electron chi connectivity index (χ3n) is 3.01. The van der Waals surface area contributed by atoms with Crippen LogP contribution in [0.5, 0.6) is 0 Å². The van der Waals surface area contributed by atoms with Crippen LogP contribution in [0.3, 0.4) is 0 Å². The number of hydrogen-bond donors (Lipinski definition) is 0. The molecule has 7 nitrogen and oxygen atoms in total. The molecule has 0 saturated carbocycles. The number of benzene rings is 1. The van der Waals surface area contributed by atoms with Gasteiger partial charge in [-0.05, 0) is 31.2 Å². The van der Waals surface area contributed by atoms with Crippen LogP contribution < -0.4 is 9.84 Å². The minimum Gasteiger partial charge on any atom is -0.282 e. The molecule has 3 aromatic rings. The fourth-order valence-corrected chi connectivity index (χ4v) is 3.06. The lowest BCUT2D eigenvalue weighted by Gasteiger charge is -2.09. The molecule has 0 aliphatic heterocycles. The van der Waals surface area contributed by atoms with Crippen molar-refractivity contribution in [2.45, 2.75) is 6.92 Å². The van der Waals surface area contributed by atoms with Crippen LogP contribution in [0.25, 0.3) is 23.1 Å². The summed E-state index contributed by atoms with van der Waals surface area (Å²) < 4.78 is 28.4. The van der Waals surface area contributed by atoms with Crippen molar-refractivity contribution < 1.29 is 12.7 Å². The van der Waals surface area contributed by atoms with E-state index in [2.05, 4.69) is 9.97 Å². The molecule has 0 radical (unpaired) electrons. The second-order valence-electron chi connectivity index (χ2n) is 4.99. The zero-order chi connectivity index (χ0) is 17.3. The molecule has 2 aromatic heterocycles. The van der Waals surface area contributed by atoms with E-state index in [9.17, 15) is 13.2 Å². The fraction of sp³-hybridized carbons (Fsp3) is 0.133. The summed E-state index contributed by atoms with van der Waals surface area (Å²) in [4.78, 5) is 21.1. The molecule has 9 heteroatoms. The van der Waals surface area contributed by atoms with E-state index in [1.165, 1.54) is 17.4 Å². The van der Waals surface area contributed by atoms with Crippen LogP contribution in [-0.4, -0.2) is 29.4 Å². The summed E-state index contributed by atoms with van der Waals surface area (Å²) in [5.41, 5.74) is 0.538. The number of aryl methyl sites for hydroxylation is 1. The Morgan fingerprint density at radius 1 is 1.21 bits per heavy atom. The third kappa shape index (κ3) is 3.52. The Labute approximate surface area is 142 Å². The topological polar surface area (TPSA) is 91.2 Å². The summed E-state index contributed by atoms with van der Waals surface area (Å²) in [6.07, 6.45) is 4.00. The summed E-state index contributed by atoms with van der Waals surface area (Å²) in [6, 6.07) is 6.65. The Balaban J connectivity index is 2.18. The van der Waals surface area contributed by atoms with Crippen LogP contribution >= 0.6 is 11.3 Å². The van der Waals surface area contributed by atoms with Gasteiger partial charge in [0.2, 0.25) is 0 Å². The van der Waals surface area contributed by atoms with Crippen molar-refractivity contribution in [3.8, 4) is 0 Å². The lowest BCUT2D eigenvalue weighted by atomic mass is 10.2. The predicted octanol–water partition coefficient (Wildman–Crippen LogP) is 1.72. The van der Waals surface area contributed by atoms with Crippen molar-refractivity contribution in [3.63, 3.8) is 0 Å². The van der Waals surface area contributed by atoms with E-state index < -0.39 is 15.7 Å². The van der Waals surface area contributed by atoms with Crippen molar-refractivity contribution >= 4 is 44.5 Å². The van der Waals surface area contributed by atoms with Gasteiger partial charge in [0.25, 0.3) is 5.56 Å². The lowest BCUT2D eigenvalue weighted by molar-refractivity contribution is 0.265. The van der Waals surface area contributed by atoms with Crippen LogP contribution in [0.4, 0.5) is 0 Å². The van der Waals surface area contributed by atoms with Crippen LogP contribution in [-0.2, 0) is 10.1 Å². The smallest absolute Gasteiger partial charge is 0.282 e. The van der Waals surface area contributed by atoms with Crippen molar-refractivity contribution in [2.75, 3.05) is 6.26 Å². The van der Waals surface area contributed by atoms with Crippen LogP contribution in [0, 0.1) is 6.92 Å². The summed E-state index contributed by atoms with van der Waals surface area (Å²) in [6.45, 7) is 1.87. The van der Waals surface area contributed by atoms with Gasteiger partial charge in [0.15, 0.2) is 5.82 Å². The molecular weight excluding hydrogens is 350 g/mol. The second kappa shape index (κ2) is 6.17. The third-order valence-corrected chi connectivity index (χ3v) is 4.22. The normalized spacial score (nSPS) is 12.1. The largest absolute Gasteiger partial charge is 0.324 e. The minimum absolute atomic E-state index is 0.0646. The standard InChI is InChI=1S/C15H13N3O4S2/c1-10-16-11(9-23-10)7-8-14-17-13-6-4-3-5-12(13)15(19)18(14)22-24(2,20)21/h3-9H,1-2H3/b8-7+. The van der Waals surface area contributed by atoms with Crippen molar-refractivity contribution in [3.05, 3.63) is 56.5 Å². The Morgan fingerprint density at radius 3 is 2.62 bits per heavy atom. The van der Waals surface area contributed by atoms with Gasteiger partial charge in [-0.15, -0.1) is 16.1 Å². The van der Waals surface area contributed by atoms with Gasteiger partial charge in [-0.25, -0.2) is 9.97 Å². The molecule has 0 N–H and O–H groups in total. The van der Waals surface area contributed by atoms with Crippen LogP contribution in [0.1, 0.15) is 16.5 Å². The van der Waals surface area contributed by atoms with E-state index in [4.69, 9.17) is 4.28 Å². The number of fused-ring (bicyclic) bond motifs is 1. The zero-order valence-corrected chi connectivity index (χ0v) is 14.5. The van der Waals surface area contributed by atoms with Gasteiger partial charge >= 0.3 is 10.1 Å². The molecule has 3 rings (SSSR count). The van der Waals surface area contributed by atoms with Gasteiger partial charge in [-0.1, -0.05) is 12.1 Å². The summed E-state index contributed by atoms with van der Waals surface area (Å²) in [5.74, 6) is 0.0646. The highest BCUT2D eigenvalue weighted by Crippen LogP contribution is 2.13. The molecule has 0 aliphatic carbocycles. The highest BCUT2D eigenvalue weighted by Gasteiger charge is 2.14. The molecule has 0 spiro atoms. The van der Waals surface area contributed by atoms with Gasteiger partial charge in [0.1, 0.15) is 0 Å². The molecular formula is C15H13N3O4S2. The quantitative estimate of drug-likeness (QED) is 0.701. The Kier molecular flexibility index (Phi) is 4.20. The Bertz CT molecular complexity index is 1100. The highest BCUT2D eigenvalue weighted by atomic mass is 32.2. The molecule has 0 amide bonds. The number of aromatic nitrogens is 3. The molecule has 0 fully saturated rings. The molecule has 1 aromatic carbocycles. The maximum atomic E-state index is 12.5. The fourth-order valence-electron chi connectivity index (χ4n) is 2.06. The van der Waals surface area contributed by atoms with Gasteiger partial charge in [-0.2, -0.15) is 8.42 Å². The summed E-state index contributed by atoms with van der Waals surface area (Å²) >= 11 is 1.48. The summed E-state index contributed by atoms with van der Waals surface area (Å²) in [7, 11) is -3.89. The monoisotopic (exact) mass is 363 g/mol. The first-order chi connectivity index (χ1) is 11.3. The zero-order valence-electron chi connectivity index (χ0n) is 12.8. The van der Waals surface area contributed by atoms with E-state index in [1.807, 2.05) is 12.3 Å². The minimum atomic E-state index is -3.89. The van der Waals surface area contributed by atoms with Crippen molar-refractivity contribution in [1.29, 1.82) is 0 Å². The molecule has 0 atom stereocenters. The van der Waals surface area contributed by atoms with E-state index in [1.54, 1.807) is 30.3 Å².